The Balaban J connectivity index is 2.12. The third-order valence-electron chi connectivity index (χ3n) is 3.15. The molecule has 1 amide bonds. The van der Waals surface area contributed by atoms with Crippen LogP contribution in [0, 0.1) is 5.92 Å². The number of amides is 1. The van der Waals surface area contributed by atoms with Crippen LogP contribution in [0.1, 0.15) is 19.3 Å². The third-order valence-corrected chi connectivity index (χ3v) is 4.85. The largest absolute Gasteiger partial charge is 0.481 e. The minimum absolute atomic E-state index is 0.00732. The first-order chi connectivity index (χ1) is 7.89. The van der Waals surface area contributed by atoms with Gasteiger partial charge in [-0.1, -0.05) is 0 Å². The molecule has 2 aliphatic rings. The van der Waals surface area contributed by atoms with Gasteiger partial charge in [-0.05, 0) is 12.8 Å². The van der Waals surface area contributed by atoms with E-state index in [1.807, 2.05) is 0 Å². The minimum Gasteiger partial charge on any atom is -0.481 e. The highest BCUT2D eigenvalue weighted by Gasteiger charge is 2.40. The summed E-state index contributed by atoms with van der Waals surface area (Å²) in [5.41, 5.74) is 0. The Bertz CT molecular complexity index is 440. The summed E-state index contributed by atoms with van der Waals surface area (Å²) < 4.78 is 22.9. The second-order valence-electron chi connectivity index (χ2n) is 4.67. The molecule has 1 N–H and O–H groups in total. The number of rotatable bonds is 3. The lowest BCUT2D eigenvalue weighted by atomic mass is 10.1. The summed E-state index contributed by atoms with van der Waals surface area (Å²) >= 11 is 0. The van der Waals surface area contributed by atoms with E-state index in [2.05, 4.69) is 0 Å². The first kappa shape index (κ1) is 12.3. The fourth-order valence-corrected chi connectivity index (χ4v) is 3.64. The Labute approximate surface area is 99.5 Å². The molecule has 1 saturated carbocycles. The monoisotopic (exact) mass is 261 g/mol. The van der Waals surface area contributed by atoms with Gasteiger partial charge >= 0.3 is 5.97 Å². The molecule has 0 aromatic heterocycles. The quantitative estimate of drug-likeness (QED) is 0.739. The molecule has 7 heteroatoms. The number of hydrogen-bond acceptors (Lipinski definition) is 4. The van der Waals surface area contributed by atoms with Crippen LogP contribution in [0.4, 0.5) is 0 Å². The summed E-state index contributed by atoms with van der Waals surface area (Å²) in [5, 5.41) is 8.76. The van der Waals surface area contributed by atoms with Crippen LogP contribution in [0.5, 0.6) is 0 Å². The van der Waals surface area contributed by atoms with Crippen molar-refractivity contribution in [1.29, 1.82) is 0 Å². The van der Waals surface area contributed by atoms with E-state index in [1.54, 1.807) is 0 Å². The summed E-state index contributed by atoms with van der Waals surface area (Å²) in [5.74, 6) is -1.43. The van der Waals surface area contributed by atoms with Crippen molar-refractivity contribution in [2.45, 2.75) is 25.3 Å². The molecular formula is C10H15NO5S. The summed E-state index contributed by atoms with van der Waals surface area (Å²) in [7, 11) is -3.21. The minimum atomic E-state index is -3.21. The zero-order valence-corrected chi connectivity index (χ0v) is 10.1. The van der Waals surface area contributed by atoms with Crippen LogP contribution in [-0.4, -0.2) is 54.4 Å². The number of nitrogens with zero attached hydrogens (tertiary/aromatic N) is 1. The van der Waals surface area contributed by atoms with Crippen molar-refractivity contribution in [1.82, 2.24) is 4.90 Å². The maximum Gasteiger partial charge on any atom is 0.305 e. The van der Waals surface area contributed by atoms with E-state index in [0.717, 1.165) is 12.8 Å². The number of sulfone groups is 1. The standard InChI is InChI=1S/C10H15NO5S/c12-9(13)5-8-6-17(15,16)4-3-11(8)10(14)7-1-2-7/h7-8H,1-6H2,(H,12,13). The zero-order valence-electron chi connectivity index (χ0n) is 9.33. The molecule has 0 aromatic carbocycles. The Kier molecular flexibility index (Phi) is 3.11. The summed E-state index contributed by atoms with van der Waals surface area (Å²) in [4.78, 5) is 24.1. The van der Waals surface area contributed by atoms with E-state index in [0.29, 0.717) is 0 Å². The van der Waals surface area contributed by atoms with Crippen molar-refractivity contribution in [3.8, 4) is 0 Å². The van der Waals surface area contributed by atoms with Gasteiger partial charge < -0.3 is 10.0 Å². The van der Waals surface area contributed by atoms with Crippen LogP contribution in [0.25, 0.3) is 0 Å². The van der Waals surface area contributed by atoms with E-state index in [4.69, 9.17) is 5.11 Å². The van der Waals surface area contributed by atoms with E-state index >= 15 is 0 Å². The number of carbonyl (C=O) groups is 2. The van der Waals surface area contributed by atoms with E-state index < -0.39 is 21.8 Å². The predicted octanol–water partition coefficient (Wildman–Crippen LogP) is -0.503. The summed E-state index contributed by atoms with van der Waals surface area (Å²) in [6, 6.07) is -0.695. The van der Waals surface area contributed by atoms with Gasteiger partial charge in [0.1, 0.15) is 0 Å². The highest BCUT2D eigenvalue weighted by Crippen LogP contribution is 2.32. The van der Waals surface area contributed by atoms with Crippen molar-refractivity contribution in [3.63, 3.8) is 0 Å². The topological polar surface area (TPSA) is 91.8 Å². The molecule has 1 aliphatic heterocycles. The van der Waals surface area contributed by atoms with Crippen LogP contribution in [0.3, 0.4) is 0 Å². The van der Waals surface area contributed by atoms with Crippen LogP contribution >= 0.6 is 0 Å². The molecule has 17 heavy (non-hydrogen) atoms. The van der Waals surface area contributed by atoms with E-state index in [9.17, 15) is 18.0 Å². The molecule has 1 aliphatic carbocycles. The van der Waals surface area contributed by atoms with Crippen molar-refractivity contribution < 1.29 is 23.1 Å². The lowest BCUT2D eigenvalue weighted by Gasteiger charge is -2.34. The van der Waals surface area contributed by atoms with Crippen molar-refractivity contribution in [2.75, 3.05) is 18.1 Å². The summed E-state index contributed by atoms with van der Waals surface area (Å²) in [6.45, 7) is 0.135. The Morgan fingerprint density at radius 3 is 2.47 bits per heavy atom. The van der Waals surface area contributed by atoms with Gasteiger partial charge in [-0.2, -0.15) is 0 Å². The van der Waals surface area contributed by atoms with Gasteiger partial charge in [0.15, 0.2) is 9.84 Å². The van der Waals surface area contributed by atoms with Gasteiger partial charge in [0.2, 0.25) is 5.91 Å². The van der Waals surface area contributed by atoms with Gasteiger partial charge in [-0.25, -0.2) is 8.42 Å². The smallest absolute Gasteiger partial charge is 0.305 e. The van der Waals surface area contributed by atoms with E-state index in [1.165, 1.54) is 4.90 Å². The molecular weight excluding hydrogens is 246 g/mol. The van der Waals surface area contributed by atoms with Gasteiger partial charge in [0, 0.05) is 12.5 Å². The number of carbonyl (C=O) groups excluding carboxylic acids is 1. The van der Waals surface area contributed by atoms with Crippen LogP contribution in [-0.2, 0) is 19.4 Å². The highest BCUT2D eigenvalue weighted by atomic mass is 32.2. The molecule has 1 atom stereocenters. The Morgan fingerprint density at radius 2 is 1.94 bits per heavy atom. The summed E-state index contributed by atoms with van der Waals surface area (Å²) in [6.07, 6.45) is 1.38. The lowest BCUT2D eigenvalue weighted by Crippen LogP contribution is -2.52. The van der Waals surface area contributed by atoms with Crippen molar-refractivity contribution >= 4 is 21.7 Å². The molecule has 1 saturated heterocycles. The Morgan fingerprint density at radius 1 is 1.29 bits per heavy atom. The molecule has 1 unspecified atom stereocenters. The third kappa shape index (κ3) is 2.96. The fourth-order valence-electron chi connectivity index (χ4n) is 2.11. The number of hydrogen-bond donors (Lipinski definition) is 1. The van der Waals surface area contributed by atoms with Crippen LogP contribution < -0.4 is 0 Å². The molecule has 2 fully saturated rings. The maximum atomic E-state index is 11.9. The zero-order chi connectivity index (χ0) is 12.6. The van der Waals surface area contributed by atoms with Gasteiger partial charge in [-0.15, -0.1) is 0 Å². The van der Waals surface area contributed by atoms with Crippen LogP contribution in [0.15, 0.2) is 0 Å². The first-order valence-electron chi connectivity index (χ1n) is 5.62. The van der Waals surface area contributed by atoms with Gasteiger partial charge in [-0.3, -0.25) is 9.59 Å². The van der Waals surface area contributed by atoms with Gasteiger partial charge in [0.05, 0.1) is 24.0 Å². The molecule has 96 valence electrons. The number of carboxylic acids is 1. The molecule has 0 radical (unpaired) electrons. The molecule has 0 spiro atoms. The van der Waals surface area contributed by atoms with E-state index in [-0.39, 0.29) is 36.3 Å². The fraction of sp³-hybridized carbons (Fsp3) is 0.800. The molecule has 1 heterocycles. The normalized spacial score (nSPS) is 27.8. The molecule has 0 bridgehead atoms. The second-order valence-corrected chi connectivity index (χ2v) is 6.90. The van der Waals surface area contributed by atoms with Gasteiger partial charge in [0.25, 0.3) is 0 Å². The van der Waals surface area contributed by atoms with Crippen LogP contribution in [0.2, 0.25) is 0 Å². The first-order valence-corrected chi connectivity index (χ1v) is 7.44. The number of carboxylic acid groups (broad SMARTS) is 1. The molecule has 2 rings (SSSR count). The van der Waals surface area contributed by atoms with Crippen molar-refractivity contribution in [2.24, 2.45) is 5.92 Å². The molecule has 6 nitrogen and oxygen atoms in total. The average Bonchev–Trinajstić information content (AvgIpc) is 2.97. The predicted molar refractivity (Wildman–Crippen MR) is 59.1 cm³/mol. The Hall–Kier alpha value is -1.11. The molecule has 0 aromatic rings. The highest BCUT2D eigenvalue weighted by molar-refractivity contribution is 7.91. The second kappa shape index (κ2) is 4.29. The van der Waals surface area contributed by atoms with Crippen molar-refractivity contribution in [3.05, 3.63) is 0 Å². The average molecular weight is 261 g/mol. The SMILES string of the molecule is O=C(O)CC1CS(=O)(=O)CCN1C(=O)C1CC1. The number of aliphatic carboxylic acids is 1. The lowest BCUT2D eigenvalue weighted by molar-refractivity contribution is -0.140. The maximum absolute atomic E-state index is 11.9.